The third-order valence-electron chi connectivity index (χ3n) is 7.49. The van der Waals surface area contributed by atoms with Crippen molar-refractivity contribution < 1.29 is 37.6 Å². The van der Waals surface area contributed by atoms with Crippen molar-refractivity contribution in [2.45, 2.75) is 118 Å². The fourth-order valence-corrected chi connectivity index (χ4v) is 8.54. The van der Waals surface area contributed by atoms with E-state index in [9.17, 15) is 14.4 Å². The van der Waals surface area contributed by atoms with Gasteiger partial charge in [0.05, 0.1) is 32.0 Å². The number of nitrogens with one attached hydrogen (secondary N) is 1. The Morgan fingerprint density at radius 2 is 1.85 bits per heavy atom. The predicted molar refractivity (Wildman–Crippen MR) is 188 cm³/mol. The highest BCUT2D eigenvalue weighted by molar-refractivity contribution is 8.76. The first-order chi connectivity index (χ1) is 22.9. The van der Waals surface area contributed by atoms with Crippen LogP contribution in [0.2, 0.25) is 0 Å². The second kappa shape index (κ2) is 23.4. The number of hydrogen-bond donors (Lipinski definition) is 1. The van der Waals surface area contributed by atoms with E-state index in [0.29, 0.717) is 30.8 Å². The lowest BCUT2D eigenvalue weighted by Gasteiger charge is -2.39. The second-order valence-electron chi connectivity index (χ2n) is 11.6. The molecule has 13 nitrogen and oxygen atoms in total. The fraction of sp³-hybridized carbons (Fsp3) is 0.750. The first-order valence-corrected chi connectivity index (χ1v) is 19.8. The van der Waals surface area contributed by atoms with Gasteiger partial charge in [0, 0.05) is 42.4 Å². The molecule has 1 saturated heterocycles. The van der Waals surface area contributed by atoms with Crippen molar-refractivity contribution in [3.63, 3.8) is 0 Å². The van der Waals surface area contributed by atoms with Crippen LogP contribution in [-0.4, -0.2) is 82.1 Å². The van der Waals surface area contributed by atoms with E-state index >= 15 is 0 Å². The Morgan fingerprint density at radius 3 is 2.42 bits per heavy atom. The molecular formula is C32H52N3O10PS2. The first kappa shape index (κ1) is 44.0. The minimum absolute atomic E-state index is 0.0519. The van der Waals surface area contributed by atoms with Crippen LogP contribution in [-0.2, 0) is 37.6 Å². The molecule has 3 unspecified atom stereocenters. The monoisotopic (exact) mass is 733 g/mol. The predicted octanol–water partition coefficient (Wildman–Crippen LogP) is 5.43. The number of aromatic nitrogens is 2. The molecule has 2 rings (SSSR count). The maximum atomic E-state index is 13.4. The van der Waals surface area contributed by atoms with E-state index in [-0.39, 0.29) is 56.2 Å². The molecule has 0 saturated carbocycles. The third-order valence-corrected chi connectivity index (χ3v) is 11.8. The smallest absolute Gasteiger partial charge is 0.373 e. The molecule has 5 atom stereocenters. The number of aromatic amines is 1. The van der Waals surface area contributed by atoms with Gasteiger partial charge in [-0.3, -0.25) is 19.1 Å². The summed E-state index contributed by atoms with van der Waals surface area (Å²) < 4.78 is 34.8. The molecule has 1 N–H and O–H groups in total. The van der Waals surface area contributed by atoms with Gasteiger partial charge >= 0.3 is 17.8 Å². The summed E-state index contributed by atoms with van der Waals surface area (Å²) in [5.74, 6) is 3.63. The average molecular weight is 734 g/mol. The van der Waals surface area contributed by atoms with Gasteiger partial charge in [-0.15, -0.1) is 12.3 Å². The largest absolute Gasteiger partial charge is 0.465 e. The molecule has 2 heterocycles. The number of rotatable bonds is 21. The summed E-state index contributed by atoms with van der Waals surface area (Å²) in [6.45, 7) is 16.1. The minimum atomic E-state index is -1.67. The lowest BCUT2D eigenvalue weighted by molar-refractivity contribution is -0.191. The number of ether oxygens (including phenoxy) is 3. The summed E-state index contributed by atoms with van der Waals surface area (Å²) >= 11 is 0. The van der Waals surface area contributed by atoms with Crippen LogP contribution in [0.4, 0.5) is 0 Å². The number of esters is 1. The van der Waals surface area contributed by atoms with Gasteiger partial charge in [-0.2, -0.15) is 9.59 Å². The molecule has 0 radical (unpaired) electrons. The Balaban J connectivity index is 0.00000369. The van der Waals surface area contributed by atoms with E-state index < -0.39 is 31.4 Å². The number of nitrogens with zero attached hydrogens (tertiary/aromatic N) is 2. The molecule has 272 valence electrons. The summed E-state index contributed by atoms with van der Waals surface area (Å²) in [6.07, 6.45) is 9.01. The number of terminal acetylenes is 1. The first-order valence-electron chi connectivity index (χ1n) is 16.1. The fourth-order valence-electron chi connectivity index (χ4n) is 4.95. The van der Waals surface area contributed by atoms with E-state index in [0.717, 1.165) is 18.6 Å². The van der Waals surface area contributed by atoms with Gasteiger partial charge in [0.2, 0.25) is 0 Å². The molecular weight excluding hydrogens is 681 g/mol. The van der Waals surface area contributed by atoms with Crippen molar-refractivity contribution in [2.75, 3.05) is 31.5 Å². The summed E-state index contributed by atoms with van der Waals surface area (Å²) in [6, 6.07) is 0.160. The number of H-pyrrole nitrogens is 1. The molecule has 1 aromatic heterocycles. The lowest BCUT2D eigenvalue weighted by atomic mass is 9.87. The van der Waals surface area contributed by atoms with Crippen LogP contribution in [0.15, 0.2) is 15.8 Å². The Bertz CT molecular complexity index is 1290. The molecule has 1 aliphatic rings. The van der Waals surface area contributed by atoms with Crippen molar-refractivity contribution in [1.29, 1.82) is 0 Å². The Morgan fingerprint density at radius 1 is 1.19 bits per heavy atom. The molecule has 0 aliphatic carbocycles. The SMILES string of the molecule is C#CCCCSSCOCC(CC)(COP(OC1C[C@H](n2cc(C)c(=O)[nH]c2=O)O[C@@H]1CC)N(C(C)C)C(C)C)C(=O)OCC.O=C=O. The summed E-state index contributed by atoms with van der Waals surface area (Å²) in [5.41, 5.74) is -1.54. The molecule has 0 amide bonds. The quantitative estimate of drug-likeness (QED) is 0.0427. The van der Waals surface area contributed by atoms with Gasteiger partial charge in [0.15, 0.2) is 0 Å². The van der Waals surface area contributed by atoms with Crippen LogP contribution in [0.3, 0.4) is 0 Å². The van der Waals surface area contributed by atoms with Gasteiger partial charge in [-0.1, -0.05) is 35.4 Å². The normalized spacial score (nSPS) is 19.3. The Hall–Kier alpha value is -1.98. The van der Waals surface area contributed by atoms with Gasteiger partial charge in [0.1, 0.15) is 17.6 Å². The van der Waals surface area contributed by atoms with Crippen LogP contribution in [0, 0.1) is 24.7 Å². The van der Waals surface area contributed by atoms with Crippen molar-refractivity contribution in [2.24, 2.45) is 5.41 Å². The van der Waals surface area contributed by atoms with Crippen LogP contribution >= 0.6 is 30.1 Å². The van der Waals surface area contributed by atoms with Crippen molar-refractivity contribution in [3.8, 4) is 12.3 Å². The molecule has 1 fully saturated rings. The number of carbonyl (C=O) groups is 1. The molecule has 16 heteroatoms. The minimum Gasteiger partial charge on any atom is -0.465 e. The van der Waals surface area contributed by atoms with Gasteiger partial charge in [0.25, 0.3) is 14.1 Å². The van der Waals surface area contributed by atoms with E-state index in [1.807, 2.05) is 13.8 Å². The van der Waals surface area contributed by atoms with Crippen LogP contribution in [0.1, 0.15) is 92.4 Å². The standard InChI is InChI=1S/C31H52N3O8PS2.CO2/c1-10-14-15-16-44-45-21-38-19-31(12-3,29(36)39-13-4)20-40-43(34(22(5)6)23(7)8)42-26-17-27(41-25(26)11-2)33-18-24(9)28(35)32-30(33)37;2-1-3/h1,18,22-23,25-27H,11-17,19-21H2,2-9H3,(H,32,35,37);/t25-,26?,27-,31?,43?;/m1./s1. The molecule has 1 aliphatic heterocycles. The maximum absolute atomic E-state index is 13.4. The van der Waals surface area contributed by atoms with E-state index in [4.69, 9.17) is 39.3 Å². The van der Waals surface area contributed by atoms with E-state index in [1.165, 1.54) is 10.8 Å². The zero-order chi connectivity index (χ0) is 36.3. The highest BCUT2D eigenvalue weighted by Gasteiger charge is 2.44. The lowest BCUT2D eigenvalue weighted by Crippen LogP contribution is -2.42. The highest BCUT2D eigenvalue weighted by atomic mass is 33.1. The molecule has 0 aromatic carbocycles. The van der Waals surface area contributed by atoms with Gasteiger partial charge < -0.3 is 23.3 Å². The van der Waals surface area contributed by atoms with Gasteiger partial charge in [-0.05, 0) is 60.8 Å². The Labute approximate surface area is 293 Å². The molecule has 48 heavy (non-hydrogen) atoms. The molecule has 0 spiro atoms. The summed E-state index contributed by atoms with van der Waals surface area (Å²) in [7, 11) is 1.61. The summed E-state index contributed by atoms with van der Waals surface area (Å²) in [4.78, 5) is 56.6. The zero-order valence-corrected chi connectivity index (χ0v) is 31.9. The average Bonchev–Trinajstić information content (AvgIpc) is 3.44. The number of carbonyl (C=O) groups excluding carboxylic acids is 3. The number of hydrogen-bond acceptors (Lipinski definition) is 13. The van der Waals surface area contributed by atoms with Crippen LogP contribution in [0.25, 0.3) is 0 Å². The molecule has 0 bridgehead atoms. The summed E-state index contributed by atoms with van der Waals surface area (Å²) in [5, 5.41) is 0. The van der Waals surface area contributed by atoms with Crippen LogP contribution in [0.5, 0.6) is 0 Å². The highest BCUT2D eigenvalue weighted by Crippen LogP contribution is 2.51. The van der Waals surface area contributed by atoms with Crippen molar-refractivity contribution in [1.82, 2.24) is 14.2 Å². The second-order valence-corrected chi connectivity index (χ2v) is 15.6. The van der Waals surface area contributed by atoms with Gasteiger partial charge in [-0.25, -0.2) is 9.46 Å². The third kappa shape index (κ3) is 13.7. The van der Waals surface area contributed by atoms with Crippen LogP contribution < -0.4 is 11.2 Å². The van der Waals surface area contributed by atoms with E-state index in [1.54, 1.807) is 35.4 Å². The zero-order valence-electron chi connectivity index (χ0n) is 29.4. The van der Waals surface area contributed by atoms with Crippen molar-refractivity contribution >= 4 is 42.2 Å². The molecule has 1 aromatic rings. The topological polar surface area (TPSA) is 155 Å². The van der Waals surface area contributed by atoms with E-state index in [2.05, 4.69) is 43.3 Å². The number of unbranched alkanes of at least 4 members (excludes halogenated alkanes) is 1. The number of aryl methyl sites for hydroxylation is 1. The Kier molecular flexibility index (Phi) is 21.5. The maximum Gasteiger partial charge on any atom is 0.373 e. The van der Waals surface area contributed by atoms with Crippen molar-refractivity contribution in [3.05, 3.63) is 32.6 Å².